The molecule has 1 aromatic heterocycles. The number of aromatic nitrogens is 1. The third-order valence-electron chi connectivity index (χ3n) is 8.92. The highest BCUT2D eigenvalue weighted by molar-refractivity contribution is 7.15. The van der Waals surface area contributed by atoms with E-state index in [0.717, 1.165) is 48.3 Å². The van der Waals surface area contributed by atoms with Crippen molar-refractivity contribution in [1.82, 2.24) is 4.98 Å². The minimum Gasteiger partial charge on any atom is -0.426 e. The van der Waals surface area contributed by atoms with Crippen molar-refractivity contribution in [2.75, 3.05) is 5.32 Å². The number of nitrogens with one attached hydrogen (secondary N) is 1. The summed E-state index contributed by atoms with van der Waals surface area (Å²) in [5.74, 6) is 2.36. The number of hydrogen-bond donors (Lipinski definition) is 1. The van der Waals surface area contributed by atoms with Crippen LogP contribution < -0.4 is 10.1 Å². The molecular formula is C27H30N2O4S. The highest BCUT2D eigenvalue weighted by Gasteiger charge is 2.58. The number of aryl methyl sites for hydroxylation is 2. The summed E-state index contributed by atoms with van der Waals surface area (Å²) in [5.41, 5.74) is 3.40. The number of carbonyl (C=O) groups is 3. The molecule has 3 aliphatic carbocycles. The summed E-state index contributed by atoms with van der Waals surface area (Å²) < 4.78 is 5.40. The average Bonchev–Trinajstić information content (AvgIpc) is 3.44. The Labute approximate surface area is 203 Å². The molecule has 2 heterocycles. The van der Waals surface area contributed by atoms with E-state index < -0.39 is 0 Å². The minimum absolute atomic E-state index is 0.0167. The summed E-state index contributed by atoms with van der Waals surface area (Å²) in [6, 6.07) is 4.30. The number of carbonyl (C=O) groups excluding carboxylic acids is 3. The molecule has 4 aliphatic rings. The van der Waals surface area contributed by atoms with E-state index in [1.165, 1.54) is 22.5 Å². The molecule has 2 aromatic rings. The second kappa shape index (κ2) is 8.01. The van der Waals surface area contributed by atoms with Crippen LogP contribution in [0.1, 0.15) is 72.9 Å². The van der Waals surface area contributed by atoms with Crippen molar-refractivity contribution in [3.8, 4) is 5.75 Å². The average molecular weight is 479 g/mol. The van der Waals surface area contributed by atoms with Crippen LogP contribution in [0.4, 0.5) is 5.13 Å². The van der Waals surface area contributed by atoms with Gasteiger partial charge in [-0.25, -0.2) is 4.98 Å². The van der Waals surface area contributed by atoms with E-state index in [9.17, 15) is 14.4 Å². The van der Waals surface area contributed by atoms with Gasteiger partial charge in [-0.2, -0.15) is 0 Å². The van der Waals surface area contributed by atoms with E-state index >= 15 is 0 Å². The number of thiazole rings is 1. The molecule has 6 nitrogen and oxygen atoms in total. The maximum Gasteiger partial charge on any atom is 0.315 e. The Hall–Kier alpha value is -2.54. The van der Waals surface area contributed by atoms with Gasteiger partial charge >= 0.3 is 5.97 Å². The first-order valence-corrected chi connectivity index (χ1v) is 13.3. The summed E-state index contributed by atoms with van der Waals surface area (Å²) in [6.07, 6.45) is 7.81. The van der Waals surface area contributed by atoms with Crippen LogP contribution in [0.5, 0.6) is 5.75 Å². The van der Waals surface area contributed by atoms with Crippen molar-refractivity contribution in [3.05, 3.63) is 39.9 Å². The fourth-order valence-electron chi connectivity index (χ4n) is 7.43. The van der Waals surface area contributed by atoms with Gasteiger partial charge in [-0.15, -0.1) is 11.3 Å². The van der Waals surface area contributed by atoms with Crippen molar-refractivity contribution in [2.45, 2.75) is 71.1 Å². The van der Waals surface area contributed by atoms with Gasteiger partial charge in [-0.1, -0.05) is 13.0 Å². The topological polar surface area (TPSA) is 85.4 Å². The molecule has 0 bridgehead atoms. The first-order chi connectivity index (χ1) is 16.3. The fraction of sp³-hybridized carbons (Fsp3) is 0.556. The Kier molecular flexibility index (Phi) is 5.17. The van der Waals surface area contributed by atoms with Crippen LogP contribution in [0.25, 0.3) is 0 Å². The molecule has 0 spiro atoms. The fourth-order valence-corrected chi connectivity index (χ4v) is 8.11. The van der Waals surface area contributed by atoms with E-state index in [1.54, 1.807) is 6.20 Å². The quantitative estimate of drug-likeness (QED) is 0.495. The molecule has 1 aromatic carbocycles. The zero-order valence-electron chi connectivity index (χ0n) is 19.7. The van der Waals surface area contributed by atoms with Gasteiger partial charge in [-0.05, 0) is 79.9 Å². The smallest absolute Gasteiger partial charge is 0.315 e. The molecule has 2 fully saturated rings. The predicted molar refractivity (Wildman–Crippen MR) is 129 cm³/mol. The van der Waals surface area contributed by atoms with Crippen LogP contribution >= 0.6 is 11.3 Å². The number of anilines is 1. The maximum atomic E-state index is 13.2. The summed E-state index contributed by atoms with van der Waals surface area (Å²) in [4.78, 5) is 43.0. The van der Waals surface area contributed by atoms with Gasteiger partial charge in [0.15, 0.2) is 5.13 Å². The minimum atomic E-state index is -0.276. The first kappa shape index (κ1) is 22.0. The molecule has 1 amide bonds. The predicted octanol–water partition coefficient (Wildman–Crippen LogP) is 4.98. The Balaban J connectivity index is 1.22. The Bertz CT molecular complexity index is 1200. The molecule has 1 N–H and O–H groups in total. The molecule has 0 saturated heterocycles. The monoisotopic (exact) mass is 478 g/mol. The zero-order chi connectivity index (χ0) is 23.6. The standard InChI is InChI=1S/C27H30N2O4S/c1-14-13-28-26(34-14)29-23(31)6-4-16-11-22(30)27(2)8-7-18-19(25(16)27)5-3-15-10-21-17(9-20(15)18)12-24(32)33-21/h9-10,13,16,18-19,25H,3-8,11-12H2,1-2H3,(H,28,29,31)/t16-,18?,19?,25?,27-/m1/s1. The van der Waals surface area contributed by atoms with Crippen molar-refractivity contribution in [2.24, 2.45) is 23.2 Å². The Morgan fingerprint density at radius 3 is 2.91 bits per heavy atom. The largest absolute Gasteiger partial charge is 0.426 e. The number of ether oxygens (including phenoxy) is 1. The number of rotatable bonds is 4. The number of Topliss-reactive ketones (excluding diaryl/α,β-unsaturated/α-hetero) is 1. The summed E-state index contributed by atoms with van der Waals surface area (Å²) in [7, 11) is 0. The number of ketones is 1. The molecule has 6 rings (SSSR count). The molecule has 1 aliphatic heterocycles. The Morgan fingerprint density at radius 1 is 1.26 bits per heavy atom. The van der Waals surface area contributed by atoms with Gasteiger partial charge < -0.3 is 10.1 Å². The van der Waals surface area contributed by atoms with Crippen LogP contribution in [0.15, 0.2) is 18.3 Å². The molecule has 34 heavy (non-hydrogen) atoms. The normalized spacial score (nSPS) is 31.4. The molecule has 3 unspecified atom stereocenters. The molecule has 178 valence electrons. The summed E-state index contributed by atoms with van der Waals surface area (Å²) in [6.45, 7) is 4.15. The highest BCUT2D eigenvalue weighted by atomic mass is 32.1. The van der Waals surface area contributed by atoms with E-state index in [1.807, 2.05) is 6.92 Å². The van der Waals surface area contributed by atoms with Gasteiger partial charge in [0.05, 0.1) is 6.42 Å². The van der Waals surface area contributed by atoms with E-state index in [4.69, 9.17) is 4.74 Å². The molecule has 0 radical (unpaired) electrons. The lowest BCUT2D eigenvalue weighted by atomic mass is 9.54. The Morgan fingerprint density at radius 2 is 2.12 bits per heavy atom. The zero-order valence-corrected chi connectivity index (χ0v) is 20.5. The lowest BCUT2D eigenvalue weighted by molar-refractivity contribution is -0.132. The second-order valence-electron chi connectivity index (χ2n) is 10.9. The molecule has 2 saturated carbocycles. The number of amides is 1. The number of benzene rings is 1. The van der Waals surface area contributed by atoms with Gasteiger partial charge in [0, 0.05) is 34.9 Å². The first-order valence-electron chi connectivity index (χ1n) is 12.4. The van der Waals surface area contributed by atoms with Crippen LogP contribution in [-0.2, 0) is 27.2 Å². The van der Waals surface area contributed by atoms with Crippen LogP contribution in [0.2, 0.25) is 0 Å². The number of hydrogen-bond acceptors (Lipinski definition) is 6. The SMILES string of the molecule is Cc1cnc(NC(=O)CC[C@@H]2CC(=O)[C@@]3(C)CCC4c5cc6c(cc5CCC4C23)OC(=O)C6)s1. The number of fused-ring (bicyclic) bond motifs is 6. The van der Waals surface area contributed by atoms with Crippen LogP contribution in [-0.4, -0.2) is 22.6 Å². The van der Waals surface area contributed by atoms with Crippen molar-refractivity contribution >= 4 is 34.1 Å². The van der Waals surface area contributed by atoms with Crippen LogP contribution in [0, 0.1) is 30.1 Å². The molecule has 7 heteroatoms. The van der Waals surface area contributed by atoms with E-state index in [-0.39, 0.29) is 23.2 Å². The highest BCUT2D eigenvalue weighted by Crippen LogP contribution is 2.62. The van der Waals surface area contributed by atoms with Crippen LogP contribution in [0.3, 0.4) is 0 Å². The molecule has 5 atom stereocenters. The number of esters is 1. The van der Waals surface area contributed by atoms with Gasteiger partial charge in [0.2, 0.25) is 5.91 Å². The third-order valence-corrected chi connectivity index (χ3v) is 9.75. The lowest BCUT2D eigenvalue weighted by Crippen LogP contribution is -2.44. The van der Waals surface area contributed by atoms with E-state index in [2.05, 4.69) is 29.4 Å². The number of nitrogens with zero attached hydrogens (tertiary/aromatic N) is 1. The third kappa shape index (κ3) is 3.51. The van der Waals surface area contributed by atoms with E-state index in [0.29, 0.717) is 47.9 Å². The summed E-state index contributed by atoms with van der Waals surface area (Å²) in [5, 5.41) is 3.57. The van der Waals surface area contributed by atoms with Gasteiger partial charge in [0.1, 0.15) is 11.5 Å². The maximum absolute atomic E-state index is 13.2. The van der Waals surface area contributed by atoms with Gasteiger partial charge in [0.25, 0.3) is 0 Å². The van der Waals surface area contributed by atoms with Gasteiger partial charge in [-0.3, -0.25) is 14.4 Å². The van der Waals surface area contributed by atoms with Crippen molar-refractivity contribution in [3.63, 3.8) is 0 Å². The molecular weight excluding hydrogens is 448 g/mol. The second-order valence-corrected chi connectivity index (χ2v) is 12.1. The van der Waals surface area contributed by atoms with Crippen molar-refractivity contribution < 1.29 is 19.1 Å². The van der Waals surface area contributed by atoms with Crippen molar-refractivity contribution in [1.29, 1.82) is 0 Å². The summed E-state index contributed by atoms with van der Waals surface area (Å²) >= 11 is 1.48. The lowest BCUT2D eigenvalue weighted by Gasteiger charge is -2.50.